The van der Waals surface area contributed by atoms with E-state index in [1.807, 2.05) is 20.8 Å². The Labute approximate surface area is 146 Å². The first-order chi connectivity index (χ1) is 12.1. The van der Waals surface area contributed by atoms with Crippen LogP contribution in [0.4, 0.5) is 0 Å². The van der Waals surface area contributed by atoms with Gasteiger partial charge in [0.1, 0.15) is 0 Å². The molecule has 1 amide bonds. The zero-order valence-electron chi connectivity index (χ0n) is 14.6. The van der Waals surface area contributed by atoms with Gasteiger partial charge >= 0.3 is 0 Å². The van der Waals surface area contributed by atoms with E-state index in [2.05, 4.69) is 15.2 Å². The fourth-order valence-electron chi connectivity index (χ4n) is 2.52. The maximum atomic E-state index is 12.7. The summed E-state index contributed by atoms with van der Waals surface area (Å²) in [6, 6.07) is 3.41. The van der Waals surface area contributed by atoms with Crippen LogP contribution >= 0.6 is 0 Å². The SMILES string of the molecule is CCOc1ccc(C(=O)N2CCOC(c3nnc(C(C)C)o3)C2)cn1. The van der Waals surface area contributed by atoms with Gasteiger partial charge in [0.2, 0.25) is 17.7 Å². The molecule has 3 rings (SSSR count). The van der Waals surface area contributed by atoms with Crippen molar-refractivity contribution in [3.8, 4) is 5.88 Å². The summed E-state index contributed by atoms with van der Waals surface area (Å²) in [6.07, 6.45) is 1.12. The van der Waals surface area contributed by atoms with Crippen LogP contribution in [0.2, 0.25) is 0 Å². The molecule has 0 bridgehead atoms. The Hall–Kier alpha value is -2.48. The smallest absolute Gasteiger partial charge is 0.255 e. The van der Waals surface area contributed by atoms with E-state index in [0.29, 0.717) is 49.5 Å². The molecule has 0 saturated carbocycles. The molecule has 0 spiro atoms. The third-order valence-electron chi connectivity index (χ3n) is 3.85. The Bertz CT molecular complexity index is 714. The molecule has 8 nitrogen and oxygen atoms in total. The van der Waals surface area contributed by atoms with Crippen molar-refractivity contribution in [3.05, 3.63) is 35.7 Å². The molecule has 0 radical (unpaired) electrons. The first kappa shape index (κ1) is 17.3. The summed E-state index contributed by atoms with van der Waals surface area (Å²) in [5.41, 5.74) is 0.512. The van der Waals surface area contributed by atoms with Crippen molar-refractivity contribution in [3.63, 3.8) is 0 Å². The number of carbonyl (C=O) groups excluding carboxylic acids is 1. The van der Waals surface area contributed by atoms with Crippen LogP contribution in [0, 0.1) is 0 Å². The molecule has 8 heteroatoms. The molecule has 25 heavy (non-hydrogen) atoms. The normalized spacial score (nSPS) is 17.8. The molecule has 1 aliphatic rings. The molecule has 2 aromatic heterocycles. The van der Waals surface area contributed by atoms with Crippen LogP contribution in [0.15, 0.2) is 22.7 Å². The highest BCUT2D eigenvalue weighted by Crippen LogP contribution is 2.24. The van der Waals surface area contributed by atoms with Crippen molar-refractivity contribution in [2.24, 2.45) is 0 Å². The lowest BCUT2D eigenvalue weighted by Gasteiger charge is -2.31. The van der Waals surface area contributed by atoms with Gasteiger partial charge in [-0.1, -0.05) is 13.8 Å². The Morgan fingerprint density at radius 2 is 2.24 bits per heavy atom. The van der Waals surface area contributed by atoms with E-state index in [4.69, 9.17) is 13.9 Å². The Morgan fingerprint density at radius 3 is 2.88 bits per heavy atom. The third kappa shape index (κ3) is 3.96. The lowest BCUT2D eigenvalue weighted by atomic mass is 10.2. The number of morpholine rings is 1. The number of rotatable bonds is 5. The molecular formula is C17H22N4O4. The van der Waals surface area contributed by atoms with Crippen LogP contribution in [0.5, 0.6) is 5.88 Å². The van der Waals surface area contributed by atoms with Crippen molar-refractivity contribution in [2.45, 2.75) is 32.8 Å². The molecule has 1 atom stereocenters. The van der Waals surface area contributed by atoms with Gasteiger partial charge in [-0.3, -0.25) is 4.79 Å². The number of aromatic nitrogens is 3. The standard InChI is InChI=1S/C17H22N4O4/c1-4-23-14-6-5-12(9-18-14)17(22)21-7-8-24-13(10-21)16-20-19-15(25-16)11(2)3/h5-6,9,11,13H,4,7-8,10H2,1-3H3. The summed E-state index contributed by atoms with van der Waals surface area (Å²) < 4.78 is 16.6. The third-order valence-corrected chi connectivity index (χ3v) is 3.85. The zero-order valence-corrected chi connectivity index (χ0v) is 14.6. The molecule has 2 aromatic rings. The first-order valence-electron chi connectivity index (χ1n) is 8.41. The van der Waals surface area contributed by atoms with Crippen molar-refractivity contribution in [2.75, 3.05) is 26.3 Å². The molecule has 1 unspecified atom stereocenters. The number of ether oxygens (including phenoxy) is 2. The molecule has 0 N–H and O–H groups in total. The zero-order chi connectivity index (χ0) is 17.8. The number of amides is 1. The monoisotopic (exact) mass is 346 g/mol. The van der Waals surface area contributed by atoms with Crippen LogP contribution in [-0.4, -0.2) is 52.3 Å². The van der Waals surface area contributed by atoms with E-state index >= 15 is 0 Å². The van der Waals surface area contributed by atoms with Crippen LogP contribution in [0.3, 0.4) is 0 Å². The van der Waals surface area contributed by atoms with Gasteiger partial charge in [-0.25, -0.2) is 4.98 Å². The van der Waals surface area contributed by atoms with Gasteiger partial charge in [0.15, 0.2) is 6.10 Å². The summed E-state index contributed by atoms with van der Waals surface area (Å²) in [4.78, 5) is 18.5. The average molecular weight is 346 g/mol. The van der Waals surface area contributed by atoms with Gasteiger partial charge < -0.3 is 18.8 Å². The lowest BCUT2D eigenvalue weighted by Crippen LogP contribution is -2.42. The highest BCUT2D eigenvalue weighted by molar-refractivity contribution is 5.94. The largest absolute Gasteiger partial charge is 0.478 e. The van der Waals surface area contributed by atoms with E-state index in [1.54, 1.807) is 17.0 Å². The second-order valence-corrected chi connectivity index (χ2v) is 6.06. The summed E-state index contributed by atoms with van der Waals surface area (Å²) >= 11 is 0. The molecule has 1 aliphatic heterocycles. The predicted octanol–water partition coefficient (Wildman–Crippen LogP) is 2.20. The van der Waals surface area contributed by atoms with E-state index in [-0.39, 0.29) is 11.8 Å². The lowest BCUT2D eigenvalue weighted by molar-refractivity contribution is -0.0351. The minimum absolute atomic E-state index is 0.104. The molecule has 0 aliphatic carbocycles. The van der Waals surface area contributed by atoms with Crippen LogP contribution in [0.25, 0.3) is 0 Å². The minimum atomic E-state index is -0.409. The maximum Gasteiger partial charge on any atom is 0.255 e. The topological polar surface area (TPSA) is 90.6 Å². The molecule has 0 aromatic carbocycles. The van der Waals surface area contributed by atoms with Crippen molar-refractivity contribution in [1.29, 1.82) is 0 Å². The van der Waals surface area contributed by atoms with Gasteiger partial charge in [-0.2, -0.15) is 0 Å². The van der Waals surface area contributed by atoms with Gasteiger partial charge in [0, 0.05) is 24.7 Å². The molecule has 3 heterocycles. The van der Waals surface area contributed by atoms with Gasteiger partial charge in [-0.05, 0) is 13.0 Å². The Morgan fingerprint density at radius 1 is 1.40 bits per heavy atom. The van der Waals surface area contributed by atoms with E-state index in [1.165, 1.54) is 6.20 Å². The fourth-order valence-corrected chi connectivity index (χ4v) is 2.52. The highest BCUT2D eigenvalue weighted by Gasteiger charge is 2.30. The number of carbonyl (C=O) groups is 1. The van der Waals surface area contributed by atoms with E-state index in [9.17, 15) is 4.79 Å². The molecule has 1 fully saturated rings. The number of hydrogen-bond acceptors (Lipinski definition) is 7. The number of pyridine rings is 1. The van der Waals surface area contributed by atoms with Gasteiger partial charge in [-0.15, -0.1) is 10.2 Å². The van der Waals surface area contributed by atoms with Crippen LogP contribution in [0.1, 0.15) is 54.9 Å². The fraction of sp³-hybridized carbons (Fsp3) is 0.529. The van der Waals surface area contributed by atoms with Gasteiger partial charge in [0.05, 0.1) is 25.3 Å². The maximum absolute atomic E-state index is 12.7. The van der Waals surface area contributed by atoms with E-state index in [0.717, 1.165) is 0 Å². The molecule has 134 valence electrons. The van der Waals surface area contributed by atoms with Crippen molar-refractivity contribution >= 4 is 5.91 Å². The second-order valence-electron chi connectivity index (χ2n) is 6.06. The van der Waals surface area contributed by atoms with E-state index < -0.39 is 6.10 Å². The minimum Gasteiger partial charge on any atom is -0.478 e. The molecule has 1 saturated heterocycles. The second kappa shape index (κ2) is 7.60. The quantitative estimate of drug-likeness (QED) is 0.819. The predicted molar refractivity (Wildman–Crippen MR) is 88.4 cm³/mol. The van der Waals surface area contributed by atoms with Crippen LogP contribution < -0.4 is 4.74 Å². The number of nitrogens with zero attached hydrogens (tertiary/aromatic N) is 4. The highest BCUT2D eigenvalue weighted by atomic mass is 16.5. The first-order valence-corrected chi connectivity index (χ1v) is 8.41. The van der Waals surface area contributed by atoms with Crippen LogP contribution in [-0.2, 0) is 4.74 Å². The Kier molecular flexibility index (Phi) is 5.28. The summed E-state index contributed by atoms with van der Waals surface area (Å²) in [6.45, 7) is 7.67. The number of hydrogen-bond donors (Lipinski definition) is 0. The Balaban J connectivity index is 1.68. The van der Waals surface area contributed by atoms with Crippen molar-refractivity contribution in [1.82, 2.24) is 20.1 Å². The average Bonchev–Trinajstić information content (AvgIpc) is 3.13. The van der Waals surface area contributed by atoms with Crippen molar-refractivity contribution < 1.29 is 18.7 Å². The summed E-state index contributed by atoms with van der Waals surface area (Å²) in [5, 5.41) is 8.07. The molecular weight excluding hydrogens is 324 g/mol. The van der Waals surface area contributed by atoms with Gasteiger partial charge in [0.25, 0.3) is 5.91 Å². The summed E-state index contributed by atoms with van der Waals surface area (Å²) in [5.74, 6) is 1.53. The summed E-state index contributed by atoms with van der Waals surface area (Å²) in [7, 11) is 0.